The molecule has 0 radical (unpaired) electrons. The van der Waals surface area contributed by atoms with Gasteiger partial charge in [-0.2, -0.15) is 0 Å². The summed E-state index contributed by atoms with van der Waals surface area (Å²) in [4.78, 5) is 17.2. The van der Waals surface area contributed by atoms with E-state index in [1.807, 2.05) is 12.1 Å². The van der Waals surface area contributed by atoms with Crippen molar-refractivity contribution >= 4 is 5.91 Å². The van der Waals surface area contributed by atoms with Gasteiger partial charge in [-0.25, -0.2) is 0 Å². The maximum absolute atomic E-state index is 12.6. The molecule has 4 rings (SSSR count). The summed E-state index contributed by atoms with van der Waals surface area (Å²) >= 11 is 0. The second-order valence-electron chi connectivity index (χ2n) is 5.69. The third-order valence-electron chi connectivity index (χ3n) is 4.41. The summed E-state index contributed by atoms with van der Waals surface area (Å²) in [5.41, 5.74) is 2.12. The Bertz CT molecular complexity index is 506. The molecule has 1 saturated heterocycles. The van der Waals surface area contributed by atoms with Gasteiger partial charge < -0.3 is 10.2 Å². The number of nitrogens with zero attached hydrogens (tertiary/aromatic N) is 2. The largest absolute Gasteiger partial charge is 0.316 e. The first-order valence-electron chi connectivity index (χ1n) is 7.22. The maximum Gasteiger partial charge on any atom is 0.256 e. The first-order chi connectivity index (χ1) is 9.36. The first-order valence-corrected chi connectivity index (χ1v) is 7.22. The molecule has 3 aliphatic rings. The second-order valence-corrected chi connectivity index (χ2v) is 5.69. The highest BCUT2D eigenvalue weighted by atomic mass is 16.2. The van der Waals surface area contributed by atoms with Crippen LogP contribution in [0.25, 0.3) is 0 Å². The van der Waals surface area contributed by atoms with Crippen LogP contribution in [-0.4, -0.2) is 47.9 Å². The summed E-state index contributed by atoms with van der Waals surface area (Å²) in [7, 11) is 0. The molecule has 1 unspecified atom stereocenters. The fraction of sp³-hybridized carbons (Fsp3) is 0.533. The van der Waals surface area contributed by atoms with E-state index in [1.165, 1.54) is 18.4 Å². The van der Waals surface area contributed by atoms with E-state index in [2.05, 4.69) is 27.2 Å². The van der Waals surface area contributed by atoms with Crippen molar-refractivity contribution in [2.45, 2.75) is 25.0 Å². The van der Waals surface area contributed by atoms with E-state index in [0.29, 0.717) is 6.04 Å². The number of carbonyl (C=O) groups is 1. The number of amides is 1. The third kappa shape index (κ3) is 1.78. The number of carbonyl (C=O) groups excluding carboxylic acids is 1. The molecule has 4 nitrogen and oxygen atoms in total. The van der Waals surface area contributed by atoms with Gasteiger partial charge in [0.1, 0.15) is 6.17 Å². The van der Waals surface area contributed by atoms with Crippen molar-refractivity contribution < 1.29 is 4.79 Å². The lowest BCUT2D eigenvalue weighted by atomic mass is 10.1. The Labute approximate surface area is 113 Å². The molecule has 100 valence electrons. The molecule has 1 saturated carbocycles. The molecule has 0 aromatic heterocycles. The minimum atomic E-state index is 0.179. The summed E-state index contributed by atoms with van der Waals surface area (Å²) in [5.74, 6) is 0.238. The highest BCUT2D eigenvalue weighted by Crippen LogP contribution is 2.43. The zero-order chi connectivity index (χ0) is 12.8. The molecule has 0 spiro atoms. The Morgan fingerprint density at radius 2 is 1.84 bits per heavy atom. The Balaban J connectivity index is 1.74. The van der Waals surface area contributed by atoms with Crippen molar-refractivity contribution in [3.8, 4) is 0 Å². The van der Waals surface area contributed by atoms with E-state index in [0.717, 1.165) is 31.7 Å². The smallest absolute Gasteiger partial charge is 0.256 e. The molecule has 1 atom stereocenters. The average molecular weight is 257 g/mol. The predicted molar refractivity (Wildman–Crippen MR) is 72.8 cm³/mol. The molecule has 1 aromatic carbocycles. The Morgan fingerprint density at radius 3 is 2.58 bits per heavy atom. The molecule has 4 heteroatoms. The zero-order valence-electron chi connectivity index (χ0n) is 11.0. The Hall–Kier alpha value is -1.39. The van der Waals surface area contributed by atoms with E-state index in [4.69, 9.17) is 0 Å². The van der Waals surface area contributed by atoms with Gasteiger partial charge in [-0.05, 0) is 18.9 Å². The van der Waals surface area contributed by atoms with Crippen molar-refractivity contribution in [3.05, 3.63) is 35.4 Å². The van der Waals surface area contributed by atoms with Crippen LogP contribution in [-0.2, 0) is 0 Å². The molecule has 1 aromatic rings. The van der Waals surface area contributed by atoms with Crippen LogP contribution < -0.4 is 5.32 Å². The van der Waals surface area contributed by atoms with E-state index >= 15 is 0 Å². The normalized spacial score (nSPS) is 27.7. The minimum absolute atomic E-state index is 0.179. The topological polar surface area (TPSA) is 35.6 Å². The summed E-state index contributed by atoms with van der Waals surface area (Å²) in [5, 5.41) is 3.39. The van der Waals surface area contributed by atoms with Gasteiger partial charge in [-0.1, -0.05) is 18.2 Å². The van der Waals surface area contributed by atoms with Crippen LogP contribution in [0.3, 0.4) is 0 Å². The standard InChI is InChI=1S/C15H19N3O/c19-15-13-4-2-1-3-12(13)14(18(15)11-5-6-11)17-9-7-16-8-10-17/h1-4,11,14,16H,5-10H2. The summed E-state index contributed by atoms with van der Waals surface area (Å²) in [6, 6.07) is 8.61. The monoisotopic (exact) mass is 257 g/mol. The van der Waals surface area contributed by atoms with Crippen LogP contribution in [0.5, 0.6) is 0 Å². The number of nitrogens with one attached hydrogen (secondary N) is 1. The van der Waals surface area contributed by atoms with Crippen molar-refractivity contribution in [3.63, 3.8) is 0 Å². The average Bonchev–Trinajstić information content (AvgIpc) is 3.25. The predicted octanol–water partition coefficient (Wildman–Crippen LogP) is 1.21. The van der Waals surface area contributed by atoms with E-state index in [1.54, 1.807) is 0 Å². The fourth-order valence-electron chi connectivity index (χ4n) is 3.33. The van der Waals surface area contributed by atoms with E-state index < -0.39 is 0 Å². The molecule has 19 heavy (non-hydrogen) atoms. The van der Waals surface area contributed by atoms with Gasteiger partial charge in [0.15, 0.2) is 0 Å². The van der Waals surface area contributed by atoms with E-state index in [-0.39, 0.29) is 12.1 Å². The van der Waals surface area contributed by atoms with Crippen LogP contribution in [0.2, 0.25) is 0 Å². The Kier molecular flexibility index (Phi) is 2.60. The molecule has 0 bridgehead atoms. The second kappa shape index (κ2) is 4.32. The third-order valence-corrected chi connectivity index (χ3v) is 4.41. The lowest BCUT2D eigenvalue weighted by Gasteiger charge is -2.38. The van der Waals surface area contributed by atoms with Gasteiger partial charge in [0.25, 0.3) is 5.91 Å². The lowest BCUT2D eigenvalue weighted by Crippen LogP contribution is -2.49. The van der Waals surface area contributed by atoms with Crippen molar-refractivity contribution in [2.75, 3.05) is 26.2 Å². The molecular weight excluding hydrogens is 238 g/mol. The highest BCUT2D eigenvalue weighted by Gasteiger charge is 2.46. The van der Waals surface area contributed by atoms with Crippen molar-refractivity contribution in [1.29, 1.82) is 0 Å². The molecular formula is C15H19N3O. The molecule has 1 N–H and O–H groups in total. The van der Waals surface area contributed by atoms with E-state index in [9.17, 15) is 4.79 Å². The molecule has 2 heterocycles. The fourth-order valence-corrected chi connectivity index (χ4v) is 3.33. The molecule has 2 fully saturated rings. The number of piperazine rings is 1. The van der Waals surface area contributed by atoms with Crippen molar-refractivity contribution in [2.24, 2.45) is 0 Å². The van der Waals surface area contributed by atoms with Crippen LogP contribution in [0, 0.1) is 0 Å². The van der Waals surface area contributed by atoms with Gasteiger partial charge >= 0.3 is 0 Å². The minimum Gasteiger partial charge on any atom is -0.316 e. The molecule has 2 aliphatic heterocycles. The quantitative estimate of drug-likeness (QED) is 0.865. The molecule has 1 aliphatic carbocycles. The molecule has 1 amide bonds. The van der Waals surface area contributed by atoms with Gasteiger partial charge in [0.05, 0.1) is 0 Å². The SMILES string of the molecule is O=C1c2ccccc2C(N2CCNCC2)N1C1CC1. The number of hydrogen-bond acceptors (Lipinski definition) is 3. The highest BCUT2D eigenvalue weighted by molar-refractivity contribution is 5.99. The lowest BCUT2D eigenvalue weighted by molar-refractivity contribution is 0.0316. The van der Waals surface area contributed by atoms with Gasteiger partial charge in [0.2, 0.25) is 0 Å². The van der Waals surface area contributed by atoms with Gasteiger partial charge in [-0.3, -0.25) is 9.69 Å². The van der Waals surface area contributed by atoms with Gasteiger partial charge in [0, 0.05) is 43.3 Å². The number of rotatable bonds is 2. The van der Waals surface area contributed by atoms with Crippen LogP contribution in [0.15, 0.2) is 24.3 Å². The summed E-state index contributed by atoms with van der Waals surface area (Å²) in [6.07, 6.45) is 2.52. The maximum atomic E-state index is 12.6. The Morgan fingerprint density at radius 1 is 1.11 bits per heavy atom. The summed E-state index contributed by atoms with van der Waals surface area (Å²) < 4.78 is 0. The summed E-state index contributed by atoms with van der Waals surface area (Å²) in [6.45, 7) is 4.09. The zero-order valence-corrected chi connectivity index (χ0v) is 11.0. The number of benzene rings is 1. The first kappa shape index (κ1) is 11.4. The van der Waals surface area contributed by atoms with Crippen LogP contribution in [0.1, 0.15) is 34.9 Å². The number of hydrogen-bond donors (Lipinski definition) is 1. The number of fused-ring (bicyclic) bond motifs is 1. The van der Waals surface area contributed by atoms with Crippen LogP contribution >= 0.6 is 0 Å². The van der Waals surface area contributed by atoms with Crippen molar-refractivity contribution in [1.82, 2.24) is 15.1 Å². The van der Waals surface area contributed by atoms with Gasteiger partial charge in [-0.15, -0.1) is 0 Å². The van der Waals surface area contributed by atoms with Crippen LogP contribution in [0.4, 0.5) is 0 Å².